The van der Waals surface area contributed by atoms with E-state index in [1.54, 1.807) is 39.1 Å². The maximum absolute atomic E-state index is 13.9. The SMILES string of the molecule is CN1C(=O)C(NC(=O)N/C=C(\C=N)Cc2ccc(F)cc2F)COc2ccc(C#CC(C)(C)O)cc21. The van der Waals surface area contributed by atoms with Gasteiger partial charge in [0, 0.05) is 37.5 Å². The first-order valence-corrected chi connectivity index (χ1v) is 11.0. The largest absolute Gasteiger partial charge is 0.489 e. The van der Waals surface area contributed by atoms with E-state index < -0.39 is 35.2 Å². The molecule has 1 aliphatic heterocycles. The summed E-state index contributed by atoms with van der Waals surface area (Å²) in [7, 11) is 1.54. The summed E-state index contributed by atoms with van der Waals surface area (Å²) >= 11 is 0. The lowest BCUT2D eigenvalue weighted by Crippen LogP contribution is -2.51. The molecule has 4 N–H and O–H groups in total. The summed E-state index contributed by atoms with van der Waals surface area (Å²) in [5.74, 6) is 4.08. The Kier molecular flexibility index (Phi) is 8.07. The zero-order valence-electron chi connectivity index (χ0n) is 20.0. The van der Waals surface area contributed by atoms with E-state index in [0.29, 0.717) is 17.0 Å². The zero-order valence-corrected chi connectivity index (χ0v) is 20.0. The van der Waals surface area contributed by atoms with Crippen LogP contribution in [-0.2, 0) is 11.2 Å². The van der Waals surface area contributed by atoms with Gasteiger partial charge in [0.1, 0.15) is 35.6 Å². The molecule has 0 radical (unpaired) electrons. The lowest BCUT2D eigenvalue weighted by molar-refractivity contribution is -0.120. The van der Waals surface area contributed by atoms with Crippen LogP contribution < -0.4 is 20.3 Å². The molecule has 1 unspecified atom stereocenters. The predicted molar refractivity (Wildman–Crippen MR) is 131 cm³/mol. The number of carbonyl (C=O) groups excluding carboxylic acids is 2. The van der Waals surface area contributed by atoms with Gasteiger partial charge in [-0.1, -0.05) is 17.9 Å². The molecule has 0 saturated heterocycles. The van der Waals surface area contributed by atoms with Crippen molar-refractivity contribution < 1.29 is 28.2 Å². The molecular weight excluding hydrogens is 470 g/mol. The number of ether oxygens (including phenoxy) is 1. The second kappa shape index (κ2) is 11.0. The summed E-state index contributed by atoms with van der Waals surface area (Å²) in [5, 5.41) is 22.3. The van der Waals surface area contributed by atoms with Crippen LogP contribution in [0.1, 0.15) is 25.0 Å². The Hall–Kier alpha value is -4.23. The van der Waals surface area contributed by atoms with Crippen molar-refractivity contribution in [3.05, 3.63) is 70.9 Å². The number of carbonyl (C=O) groups is 2. The zero-order chi connectivity index (χ0) is 26.5. The van der Waals surface area contributed by atoms with Gasteiger partial charge in [-0.05, 0) is 49.2 Å². The Morgan fingerprint density at radius 2 is 2.06 bits per heavy atom. The van der Waals surface area contributed by atoms with Crippen LogP contribution in [0.15, 0.2) is 48.2 Å². The third kappa shape index (κ3) is 6.90. The number of halogens is 2. The molecule has 1 atom stereocenters. The first-order chi connectivity index (χ1) is 17.0. The second-order valence-electron chi connectivity index (χ2n) is 8.65. The summed E-state index contributed by atoms with van der Waals surface area (Å²) < 4.78 is 32.7. The fraction of sp³-hybridized carbons (Fsp3) is 0.269. The molecule has 0 fully saturated rings. The summed E-state index contributed by atoms with van der Waals surface area (Å²) in [6, 6.07) is 6.38. The maximum Gasteiger partial charge on any atom is 0.319 e. The van der Waals surface area contributed by atoms with Gasteiger partial charge in [-0.2, -0.15) is 0 Å². The van der Waals surface area contributed by atoms with Crippen molar-refractivity contribution >= 4 is 23.8 Å². The van der Waals surface area contributed by atoms with Gasteiger partial charge in [0.15, 0.2) is 0 Å². The van der Waals surface area contributed by atoms with Crippen molar-refractivity contribution in [3.63, 3.8) is 0 Å². The lowest BCUT2D eigenvalue weighted by atomic mass is 10.1. The molecule has 0 saturated carbocycles. The van der Waals surface area contributed by atoms with Crippen LogP contribution in [0.3, 0.4) is 0 Å². The molecule has 1 aliphatic rings. The van der Waals surface area contributed by atoms with E-state index in [9.17, 15) is 23.5 Å². The highest BCUT2D eigenvalue weighted by Crippen LogP contribution is 2.31. The number of allylic oxidation sites excluding steroid dienone is 1. The van der Waals surface area contributed by atoms with Gasteiger partial charge >= 0.3 is 6.03 Å². The summed E-state index contributed by atoms with van der Waals surface area (Å²) in [6.45, 7) is 3.00. The molecule has 0 bridgehead atoms. The minimum atomic E-state index is -1.17. The Bertz CT molecular complexity index is 1270. The van der Waals surface area contributed by atoms with Crippen molar-refractivity contribution in [2.45, 2.75) is 31.9 Å². The van der Waals surface area contributed by atoms with Crippen molar-refractivity contribution in [2.24, 2.45) is 0 Å². The summed E-state index contributed by atoms with van der Waals surface area (Å²) in [6.07, 6.45) is 2.10. The third-order valence-corrected chi connectivity index (χ3v) is 5.16. The van der Waals surface area contributed by atoms with E-state index >= 15 is 0 Å². The number of likely N-dealkylation sites (N-methyl/N-ethyl adjacent to an activating group) is 1. The summed E-state index contributed by atoms with van der Waals surface area (Å²) in [5.41, 5.74) is 0.270. The van der Waals surface area contributed by atoms with Crippen LogP contribution in [0.25, 0.3) is 0 Å². The first-order valence-electron chi connectivity index (χ1n) is 11.0. The van der Waals surface area contributed by atoms with E-state index in [1.807, 2.05) is 0 Å². The standard InChI is InChI=1S/C26H26F2N4O4/c1-26(2,35)9-8-16-4-7-23-22(11-16)32(3)24(33)21(15-36-23)31-25(34)30-14-17(13-29)10-18-5-6-19(27)12-20(18)28/h4-7,11-14,21,29,35H,10,15H2,1-3H3,(H2,30,31,34)/b17-14-,29-13?. The van der Waals surface area contributed by atoms with Crippen LogP contribution >= 0.6 is 0 Å². The number of nitrogens with one attached hydrogen (secondary N) is 3. The number of fused-ring (bicyclic) bond motifs is 1. The molecule has 2 aromatic rings. The molecule has 0 aromatic heterocycles. The topological polar surface area (TPSA) is 115 Å². The number of anilines is 1. The molecule has 188 valence electrons. The highest BCUT2D eigenvalue weighted by Gasteiger charge is 2.30. The second-order valence-corrected chi connectivity index (χ2v) is 8.65. The number of nitrogens with zero attached hydrogens (tertiary/aromatic N) is 1. The molecule has 3 amide bonds. The van der Waals surface area contributed by atoms with Crippen LogP contribution in [0.2, 0.25) is 0 Å². The first kappa shape index (κ1) is 26.4. The molecule has 36 heavy (non-hydrogen) atoms. The van der Waals surface area contributed by atoms with Crippen molar-refractivity contribution in [3.8, 4) is 17.6 Å². The number of benzene rings is 2. The molecule has 0 aliphatic carbocycles. The molecule has 10 heteroatoms. The number of aliphatic hydroxyl groups is 1. The molecule has 0 spiro atoms. The molecule has 8 nitrogen and oxygen atoms in total. The molecule has 1 heterocycles. The smallest absolute Gasteiger partial charge is 0.319 e. The minimum Gasteiger partial charge on any atom is -0.489 e. The monoisotopic (exact) mass is 496 g/mol. The average molecular weight is 497 g/mol. The van der Waals surface area contributed by atoms with E-state index in [1.165, 1.54) is 17.2 Å². The Morgan fingerprint density at radius 3 is 2.72 bits per heavy atom. The van der Waals surface area contributed by atoms with Crippen LogP contribution in [0.5, 0.6) is 5.75 Å². The van der Waals surface area contributed by atoms with Crippen molar-refractivity contribution in [1.82, 2.24) is 10.6 Å². The number of amides is 3. The normalized spacial score (nSPS) is 15.6. The van der Waals surface area contributed by atoms with E-state index in [4.69, 9.17) is 10.1 Å². The lowest BCUT2D eigenvalue weighted by Gasteiger charge is -2.20. The third-order valence-electron chi connectivity index (χ3n) is 5.16. The van der Waals surface area contributed by atoms with E-state index in [2.05, 4.69) is 22.5 Å². The van der Waals surface area contributed by atoms with Gasteiger partial charge < -0.3 is 30.8 Å². The van der Waals surface area contributed by atoms with Crippen LogP contribution in [0, 0.1) is 28.9 Å². The fourth-order valence-corrected chi connectivity index (χ4v) is 3.29. The Morgan fingerprint density at radius 1 is 1.31 bits per heavy atom. The van der Waals surface area contributed by atoms with Crippen LogP contribution in [-0.4, -0.2) is 48.6 Å². The fourth-order valence-electron chi connectivity index (χ4n) is 3.29. The molecule has 2 aromatic carbocycles. The van der Waals surface area contributed by atoms with E-state index in [-0.39, 0.29) is 24.2 Å². The highest BCUT2D eigenvalue weighted by atomic mass is 19.1. The van der Waals surface area contributed by atoms with Crippen molar-refractivity contribution in [2.75, 3.05) is 18.6 Å². The minimum absolute atomic E-state index is 0.0436. The summed E-state index contributed by atoms with van der Waals surface area (Å²) in [4.78, 5) is 26.8. The van der Waals surface area contributed by atoms with Gasteiger partial charge in [-0.15, -0.1) is 0 Å². The van der Waals surface area contributed by atoms with Crippen molar-refractivity contribution in [1.29, 1.82) is 5.41 Å². The van der Waals surface area contributed by atoms with Crippen LogP contribution in [0.4, 0.5) is 19.3 Å². The number of urea groups is 1. The predicted octanol–water partition coefficient (Wildman–Crippen LogP) is 2.89. The molecular formula is C26H26F2N4O4. The van der Waals surface area contributed by atoms with Gasteiger partial charge in [0.2, 0.25) is 0 Å². The van der Waals surface area contributed by atoms with Gasteiger partial charge in [0.05, 0.1) is 5.69 Å². The van der Waals surface area contributed by atoms with Gasteiger partial charge in [-0.3, -0.25) is 4.79 Å². The quantitative estimate of drug-likeness (QED) is 0.376. The molecule has 3 rings (SSSR count). The van der Waals surface area contributed by atoms with Gasteiger partial charge in [0.25, 0.3) is 5.91 Å². The van der Waals surface area contributed by atoms with Gasteiger partial charge in [-0.25, -0.2) is 13.6 Å². The number of rotatable bonds is 5. The van der Waals surface area contributed by atoms with E-state index in [0.717, 1.165) is 18.3 Å². The number of hydrogen-bond donors (Lipinski definition) is 4. The Balaban J connectivity index is 1.67. The highest BCUT2D eigenvalue weighted by molar-refractivity contribution is 6.00. The number of hydrogen-bond acceptors (Lipinski definition) is 5. The average Bonchev–Trinajstić information content (AvgIpc) is 2.93. The maximum atomic E-state index is 13.9. The Labute approximate surface area is 207 Å².